The van der Waals surface area contributed by atoms with Crippen molar-refractivity contribution in [3.63, 3.8) is 0 Å². The van der Waals surface area contributed by atoms with Crippen LogP contribution in [0, 0.1) is 18.6 Å². The van der Waals surface area contributed by atoms with Crippen molar-refractivity contribution in [2.24, 2.45) is 0 Å². The number of aliphatic hydroxyl groups excluding tert-OH is 1. The smallest absolute Gasteiger partial charge is 0.251 e. The van der Waals surface area contributed by atoms with Crippen LogP contribution in [0.1, 0.15) is 39.7 Å². The number of carbonyl (C=O) groups is 1. The fourth-order valence-electron chi connectivity index (χ4n) is 3.74. The molecule has 1 amide bonds. The van der Waals surface area contributed by atoms with Gasteiger partial charge in [-0.1, -0.05) is 42.8 Å². The average molecular weight is 488 g/mol. The summed E-state index contributed by atoms with van der Waals surface area (Å²) in [6, 6.07) is 13.5. The van der Waals surface area contributed by atoms with E-state index in [-0.39, 0.29) is 23.7 Å². The molecule has 0 saturated carbocycles. The van der Waals surface area contributed by atoms with Gasteiger partial charge in [-0.3, -0.25) is 4.79 Å². The molecule has 3 N–H and O–H groups in total. The van der Waals surface area contributed by atoms with Gasteiger partial charge in [0.25, 0.3) is 5.91 Å². The second-order valence-corrected chi connectivity index (χ2v) is 8.64. The minimum Gasteiger partial charge on any atom is -0.390 e. The molecule has 180 valence electrons. The molecule has 1 heterocycles. The van der Waals surface area contributed by atoms with Crippen molar-refractivity contribution < 1.29 is 18.7 Å². The van der Waals surface area contributed by atoms with Gasteiger partial charge in [-0.15, -0.1) is 0 Å². The van der Waals surface area contributed by atoms with Crippen LogP contribution in [0.25, 0.3) is 0 Å². The molecule has 0 saturated heterocycles. The molecule has 3 rings (SSSR count). The fraction of sp³-hybridized carbons (Fsp3) is 0.308. The lowest BCUT2D eigenvalue weighted by Gasteiger charge is -2.25. The molecule has 0 spiro atoms. The number of aromatic nitrogens is 1. The fourth-order valence-corrected chi connectivity index (χ4v) is 3.99. The number of hydrogen-bond acceptors (Lipinski definition) is 4. The topological polar surface area (TPSA) is 74.2 Å². The van der Waals surface area contributed by atoms with E-state index in [1.54, 1.807) is 13.0 Å². The SMILES string of the molecule is CCc1cccc(CNC[C@H](O)[C@H](Cc2cc(F)cc(F)c2)NC(=O)c2cc(C)nc(Cl)c2)c1. The summed E-state index contributed by atoms with van der Waals surface area (Å²) in [6.07, 6.45) is -0.0670. The van der Waals surface area contributed by atoms with E-state index in [2.05, 4.69) is 34.7 Å². The number of aliphatic hydroxyl groups is 1. The Morgan fingerprint density at radius 3 is 2.44 bits per heavy atom. The van der Waals surface area contributed by atoms with Gasteiger partial charge < -0.3 is 15.7 Å². The molecule has 0 fully saturated rings. The van der Waals surface area contributed by atoms with Gasteiger partial charge in [-0.25, -0.2) is 13.8 Å². The summed E-state index contributed by atoms with van der Waals surface area (Å²) < 4.78 is 27.4. The standard InChI is InChI=1S/C26H28ClF2N3O2/c1-3-17-5-4-6-18(8-17)14-30-15-24(33)23(11-19-9-21(28)13-22(29)10-19)32-26(34)20-7-16(2)31-25(27)12-20/h4-10,12-13,23-24,30,33H,3,11,14-15H2,1-2H3,(H,32,34)/t23-,24-/m0/s1. The van der Waals surface area contributed by atoms with E-state index in [0.29, 0.717) is 17.8 Å². The summed E-state index contributed by atoms with van der Waals surface area (Å²) in [5.41, 5.74) is 3.45. The Bertz CT molecular complexity index is 1100. The van der Waals surface area contributed by atoms with E-state index in [0.717, 1.165) is 18.1 Å². The largest absolute Gasteiger partial charge is 0.390 e. The molecule has 1 aromatic heterocycles. The maximum Gasteiger partial charge on any atom is 0.251 e. The second-order valence-electron chi connectivity index (χ2n) is 8.25. The zero-order valence-corrected chi connectivity index (χ0v) is 19.9. The first-order valence-corrected chi connectivity index (χ1v) is 11.5. The molecule has 3 aromatic rings. The number of carbonyl (C=O) groups excluding carboxylic acids is 1. The highest BCUT2D eigenvalue weighted by atomic mass is 35.5. The first kappa shape index (κ1) is 25.7. The van der Waals surface area contributed by atoms with Crippen LogP contribution in [0.3, 0.4) is 0 Å². The quantitative estimate of drug-likeness (QED) is 0.371. The molecule has 0 radical (unpaired) electrons. The number of rotatable bonds is 10. The zero-order valence-electron chi connectivity index (χ0n) is 19.1. The molecular weight excluding hydrogens is 460 g/mol. The Morgan fingerprint density at radius 1 is 1.06 bits per heavy atom. The molecule has 2 atom stereocenters. The summed E-state index contributed by atoms with van der Waals surface area (Å²) in [5.74, 6) is -1.91. The highest BCUT2D eigenvalue weighted by Crippen LogP contribution is 2.15. The Labute approximate surface area is 203 Å². The van der Waals surface area contributed by atoms with Crippen LogP contribution >= 0.6 is 11.6 Å². The number of nitrogens with one attached hydrogen (secondary N) is 2. The third kappa shape index (κ3) is 7.58. The summed E-state index contributed by atoms with van der Waals surface area (Å²) >= 11 is 5.97. The number of hydrogen-bond donors (Lipinski definition) is 3. The Hall–Kier alpha value is -2.87. The van der Waals surface area contributed by atoms with Crippen LogP contribution in [-0.2, 0) is 19.4 Å². The average Bonchev–Trinajstić information content (AvgIpc) is 2.77. The van der Waals surface area contributed by atoms with Crippen molar-refractivity contribution >= 4 is 17.5 Å². The van der Waals surface area contributed by atoms with Crippen molar-refractivity contribution in [2.75, 3.05) is 6.54 Å². The van der Waals surface area contributed by atoms with Gasteiger partial charge in [0.2, 0.25) is 0 Å². The lowest BCUT2D eigenvalue weighted by molar-refractivity contribution is 0.0829. The Morgan fingerprint density at radius 2 is 1.76 bits per heavy atom. The highest BCUT2D eigenvalue weighted by molar-refractivity contribution is 6.29. The van der Waals surface area contributed by atoms with Crippen LogP contribution in [0.4, 0.5) is 8.78 Å². The van der Waals surface area contributed by atoms with E-state index in [9.17, 15) is 18.7 Å². The van der Waals surface area contributed by atoms with Gasteiger partial charge in [0.05, 0.1) is 12.1 Å². The highest BCUT2D eigenvalue weighted by Gasteiger charge is 2.23. The predicted molar refractivity (Wildman–Crippen MR) is 129 cm³/mol. The molecule has 0 bridgehead atoms. The molecule has 8 heteroatoms. The van der Waals surface area contributed by atoms with E-state index in [1.807, 2.05) is 12.1 Å². The molecule has 2 aromatic carbocycles. The van der Waals surface area contributed by atoms with Gasteiger partial charge in [0.15, 0.2) is 0 Å². The van der Waals surface area contributed by atoms with Gasteiger partial charge in [-0.05, 0) is 60.7 Å². The van der Waals surface area contributed by atoms with E-state index >= 15 is 0 Å². The first-order valence-electron chi connectivity index (χ1n) is 11.1. The van der Waals surface area contributed by atoms with Crippen molar-refractivity contribution in [2.45, 2.75) is 45.4 Å². The monoisotopic (exact) mass is 487 g/mol. The van der Waals surface area contributed by atoms with E-state index < -0.39 is 29.7 Å². The van der Waals surface area contributed by atoms with Crippen LogP contribution in [0.15, 0.2) is 54.6 Å². The van der Waals surface area contributed by atoms with Gasteiger partial charge in [-0.2, -0.15) is 0 Å². The molecular formula is C26H28ClF2N3O2. The number of halogens is 3. The molecule has 0 aliphatic rings. The minimum absolute atomic E-state index is 0.0341. The number of aryl methyl sites for hydroxylation is 2. The third-order valence-corrected chi connectivity index (χ3v) is 5.62. The molecule has 5 nitrogen and oxygen atoms in total. The summed E-state index contributed by atoms with van der Waals surface area (Å²) in [5, 5.41) is 17.0. The van der Waals surface area contributed by atoms with Gasteiger partial charge in [0.1, 0.15) is 16.8 Å². The maximum atomic E-state index is 13.7. The van der Waals surface area contributed by atoms with E-state index in [1.165, 1.54) is 23.8 Å². The normalized spacial score (nSPS) is 12.9. The minimum atomic E-state index is -1.02. The summed E-state index contributed by atoms with van der Waals surface area (Å²) in [6.45, 7) is 4.48. The number of amides is 1. The van der Waals surface area contributed by atoms with Crippen LogP contribution in [-0.4, -0.2) is 34.7 Å². The third-order valence-electron chi connectivity index (χ3n) is 5.43. The summed E-state index contributed by atoms with van der Waals surface area (Å²) in [4.78, 5) is 16.9. The molecule has 34 heavy (non-hydrogen) atoms. The maximum absolute atomic E-state index is 13.7. The second kappa shape index (κ2) is 12.0. The van der Waals surface area contributed by atoms with Gasteiger partial charge in [0, 0.05) is 30.4 Å². The Balaban J connectivity index is 1.73. The predicted octanol–water partition coefficient (Wildman–Crippen LogP) is 4.38. The van der Waals surface area contributed by atoms with Crippen molar-refractivity contribution in [3.05, 3.63) is 99.3 Å². The molecule has 0 aliphatic carbocycles. The van der Waals surface area contributed by atoms with Crippen molar-refractivity contribution in [3.8, 4) is 0 Å². The molecule has 0 unspecified atom stereocenters. The number of benzene rings is 2. The molecule has 0 aliphatic heterocycles. The number of pyridine rings is 1. The van der Waals surface area contributed by atoms with E-state index in [4.69, 9.17) is 11.6 Å². The van der Waals surface area contributed by atoms with Crippen LogP contribution in [0.5, 0.6) is 0 Å². The van der Waals surface area contributed by atoms with Crippen molar-refractivity contribution in [1.82, 2.24) is 15.6 Å². The zero-order chi connectivity index (χ0) is 24.7. The van der Waals surface area contributed by atoms with Gasteiger partial charge >= 0.3 is 0 Å². The number of nitrogens with zero attached hydrogens (tertiary/aromatic N) is 1. The first-order chi connectivity index (χ1) is 16.2. The Kier molecular flexibility index (Phi) is 9.10. The lowest BCUT2D eigenvalue weighted by Crippen LogP contribution is -2.48. The summed E-state index contributed by atoms with van der Waals surface area (Å²) in [7, 11) is 0. The van der Waals surface area contributed by atoms with Crippen LogP contribution < -0.4 is 10.6 Å². The van der Waals surface area contributed by atoms with Crippen LogP contribution in [0.2, 0.25) is 5.15 Å². The lowest BCUT2D eigenvalue weighted by atomic mass is 10.00. The van der Waals surface area contributed by atoms with Crippen molar-refractivity contribution in [1.29, 1.82) is 0 Å².